The molecule has 0 bridgehead atoms. The van der Waals surface area contributed by atoms with Gasteiger partial charge >= 0.3 is 5.97 Å². The molecular formula is C13H13N3O2. The van der Waals surface area contributed by atoms with E-state index in [4.69, 9.17) is 5.11 Å². The SMILES string of the molecule is O=C(O)CCNc1ccnc(-c2ccccc2)n1. The molecule has 0 aliphatic heterocycles. The van der Waals surface area contributed by atoms with Crippen LogP contribution in [0.15, 0.2) is 42.6 Å². The van der Waals surface area contributed by atoms with E-state index in [0.29, 0.717) is 18.2 Å². The average molecular weight is 243 g/mol. The molecule has 0 radical (unpaired) electrons. The van der Waals surface area contributed by atoms with Gasteiger partial charge in [0.15, 0.2) is 5.82 Å². The Morgan fingerprint density at radius 1 is 1.22 bits per heavy atom. The van der Waals surface area contributed by atoms with Gasteiger partial charge in [-0.3, -0.25) is 4.79 Å². The second-order valence-corrected chi connectivity index (χ2v) is 3.70. The van der Waals surface area contributed by atoms with Crippen LogP contribution in [0.25, 0.3) is 11.4 Å². The van der Waals surface area contributed by atoms with Crippen LogP contribution in [0.2, 0.25) is 0 Å². The normalized spacial score (nSPS) is 10.0. The molecule has 5 nitrogen and oxygen atoms in total. The molecule has 0 unspecified atom stereocenters. The number of nitrogens with one attached hydrogen (secondary N) is 1. The summed E-state index contributed by atoms with van der Waals surface area (Å²) in [5.74, 6) is 0.417. The molecule has 5 heteroatoms. The van der Waals surface area contributed by atoms with E-state index < -0.39 is 5.97 Å². The van der Waals surface area contributed by atoms with Crippen LogP contribution in [0.1, 0.15) is 6.42 Å². The van der Waals surface area contributed by atoms with E-state index in [1.807, 2.05) is 30.3 Å². The molecule has 0 aliphatic rings. The van der Waals surface area contributed by atoms with Crippen molar-refractivity contribution in [2.75, 3.05) is 11.9 Å². The molecule has 1 aromatic heterocycles. The van der Waals surface area contributed by atoms with E-state index in [-0.39, 0.29) is 6.42 Å². The highest BCUT2D eigenvalue weighted by Gasteiger charge is 2.02. The monoisotopic (exact) mass is 243 g/mol. The van der Waals surface area contributed by atoms with Crippen LogP contribution in [0.5, 0.6) is 0 Å². The Hall–Kier alpha value is -2.43. The summed E-state index contributed by atoms with van der Waals surface area (Å²) in [5.41, 5.74) is 0.930. The smallest absolute Gasteiger partial charge is 0.305 e. The quantitative estimate of drug-likeness (QED) is 0.840. The van der Waals surface area contributed by atoms with Crippen LogP contribution >= 0.6 is 0 Å². The zero-order chi connectivity index (χ0) is 12.8. The molecule has 0 fully saturated rings. The van der Waals surface area contributed by atoms with Crippen molar-refractivity contribution in [3.8, 4) is 11.4 Å². The number of nitrogens with zero attached hydrogens (tertiary/aromatic N) is 2. The van der Waals surface area contributed by atoms with Crippen LogP contribution in [0, 0.1) is 0 Å². The molecule has 0 saturated carbocycles. The van der Waals surface area contributed by atoms with Gasteiger partial charge in [-0.05, 0) is 6.07 Å². The van der Waals surface area contributed by atoms with Gasteiger partial charge in [-0.15, -0.1) is 0 Å². The first-order chi connectivity index (χ1) is 8.75. The molecule has 0 aliphatic carbocycles. The Kier molecular flexibility index (Phi) is 3.86. The minimum atomic E-state index is -0.833. The molecule has 1 aromatic carbocycles. The van der Waals surface area contributed by atoms with Crippen molar-refractivity contribution in [2.45, 2.75) is 6.42 Å². The highest BCUT2D eigenvalue weighted by atomic mass is 16.4. The lowest BCUT2D eigenvalue weighted by Gasteiger charge is -2.05. The molecule has 0 atom stereocenters. The predicted octanol–water partition coefficient (Wildman–Crippen LogP) is 2.03. The zero-order valence-electron chi connectivity index (χ0n) is 9.71. The van der Waals surface area contributed by atoms with Crippen molar-refractivity contribution >= 4 is 11.8 Å². The molecular weight excluding hydrogens is 230 g/mol. The van der Waals surface area contributed by atoms with E-state index >= 15 is 0 Å². The largest absolute Gasteiger partial charge is 0.481 e. The lowest BCUT2D eigenvalue weighted by Crippen LogP contribution is -2.09. The van der Waals surface area contributed by atoms with Crippen LogP contribution in [0.3, 0.4) is 0 Å². The number of rotatable bonds is 5. The maximum absolute atomic E-state index is 10.4. The summed E-state index contributed by atoms with van der Waals surface area (Å²) < 4.78 is 0. The first-order valence-corrected chi connectivity index (χ1v) is 5.60. The average Bonchev–Trinajstić information content (AvgIpc) is 2.40. The molecule has 92 valence electrons. The van der Waals surface area contributed by atoms with Crippen molar-refractivity contribution < 1.29 is 9.90 Å². The summed E-state index contributed by atoms with van der Waals surface area (Å²) in [4.78, 5) is 18.9. The number of carboxylic acids is 1. The number of hydrogen-bond donors (Lipinski definition) is 2. The van der Waals surface area contributed by atoms with Gasteiger partial charge < -0.3 is 10.4 Å². The Balaban J connectivity index is 2.08. The van der Waals surface area contributed by atoms with Gasteiger partial charge in [0.1, 0.15) is 5.82 Å². The van der Waals surface area contributed by atoms with Gasteiger partial charge in [0, 0.05) is 18.3 Å². The van der Waals surface area contributed by atoms with E-state index in [1.165, 1.54) is 0 Å². The van der Waals surface area contributed by atoms with Gasteiger partial charge in [-0.25, -0.2) is 9.97 Å². The number of carbonyl (C=O) groups is 1. The summed E-state index contributed by atoms with van der Waals surface area (Å²) in [7, 11) is 0. The topological polar surface area (TPSA) is 75.1 Å². The summed E-state index contributed by atoms with van der Waals surface area (Å²) in [6.07, 6.45) is 1.71. The first kappa shape index (κ1) is 12.0. The summed E-state index contributed by atoms with van der Waals surface area (Å²) in [6, 6.07) is 11.3. The molecule has 1 heterocycles. The maximum atomic E-state index is 10.4. The number of aliphatic carboxylic acids is 1. The summed E-state index contributed by atoms with van der Waals surface area (Å²) in [5, 5.41) is 11.5. The Bertz CT molecular complexity index is 529. The molecule has 0 amide bonds. The molecule has 2 rings (SSSR count). The molecule has 0 saturated heterocycles. The highest BCUT2D eigenvalue weighted by Crippen LogP contribution is 2.15. The minimum Gasteiger partial charge on any atom is -0.481 e. The molecule has 2 aromatic rings. The van der Waals surface area contributed by atoms with Crippen LogP contribution in [-0.2, 0) is 4.79 Å². The van der Waals surface area contributed by atoms with Crippen molar-refractivity contribution in [1.82, 2.24) is 9.97 Å². The number of benzene rings is 1. The highest BCUT2D eigenvalue weighted by molar-refractivity contribution is 5.67. The van der Waals surface area contributed by atoms with Crippen molar-refractivity contribution in [2.24, 2.45) is 0 Å². The number of hydrogen-bond acceptors (Lipinski definition) is 4. The van der Waals surface area contributed by atoms with Gasteiger partial charge in [0.2, 0.25) is 0 Å². The number of carboxylic acid groups (broad SMARTS) is 1. The van der Waals surface area contributed by atoms with Crippen LogP contribution in [-0.4, -0.2) is 27.6 Å². The van der Waals surface area contributed by atoms with E-state index in [1.54, 1.807) is 12.3 Å². The fourth-order valence-corrected chi connectivity index (χ4v) is 1.48. The standard InChI is InChI=1S/C13H13N3O2/c17-12(18)7-9-14-11-6-8-15-13(16-11)10-4-2-1-3-5-10/h1-6,8H,7,9H2,(H,17,18)(H,14,15,16). The molecule has 18 heavy (non-hydrogen) atoms. The van der Waals surface area contributed by atoms with Gasteiger partial charge in [-0.1, -0.05) is 30.3 Å². The molecule has 0 spiro atoms. The third kappa shape index (κ3) is 3.28. The first-order valence-electron chi connectivity index (χ1n) is 5.60. The summed E-state index contributed by atoms with van der Waals surface area (Å²) >= 11 is 0. The number of aromatic nitrogens is 2. The zero-order valence-corrected chi connectivity index (χ0v) is 9.71. The van der Waals surface area contributed by atoms with E-state index in [0.717, 1.165) is 5.56 Å². The maximum Gasteiger partial charge on any atom is 0.305 e. The third-order valence-corrected chi connectivity index (χ3v) is 2.33. The van der Waals surface area contributed by atoms with Gasteiger partial charge in [-0.2, -0.15) is 0 Å². The van der Waals surface area contributed by atoms with Gasteiger partial charge in [0.05, 0.1) is 6.42 Å². The van der Waals surface area contributed by atoms with Gasteiger partial charge in [0.25, 0.3) is 0 Å². The van der Waals surface area contributed by atoms with Crippen molar-refractivity contribution in [1.29, 1.82) is 0 Å². The second-order valence-electron chi connectivity index (χ2n) is 3.70. The number of anilines is 1. The fraction of sp³-hybridized carbons (Fsp3) is 0.154. The Labute approximate surface area is 105 Å². The van der Waals surface area contributed by atoms with Crippen molar-refractivity contribution in [3.05, 3.63) is 42.6 Å². The second kappa shape index (κ2) is 5.77. The van der Waals surface area contributed by atoms with Crippen LogP contribution < -0.4 is 5.32 Å². The van der Waals surface area contributed by atoms with E-state index in [2.05, 4.69) is 15.3 Å². The Morgan fingerprint density at radius 2 is 2.00 bits per heavy atom. The van der Waals surface area contributed by atoms with E-state index in [9.17, 15) is 4.79 Å². The predicted molar refractivity (Wildman–Crippen MR) is 68.2 cm³/mol. The lowest BCUT2D eigenvalue weighted by atomic mass is 10.2. The third-order valence-electron chi connectivity index (χ3n) is 2.33. The molecule has 2 N–H and O–H groups in total. The Morgan fingerprint density at radius 3 is 2.72 bits per heavy atom. The van der Waals surface area contributed by atoms with Crippen molar-refractivity contribution in [3.63, 3.8) is 0 Å². The van der Waals surface area contributed by atoms with Crippen LogP contribution in [0.4, 0.5) is 5.82 Å². The fourth-order valence-electron chi connectivity index (χ4n) is 1.48. The summed E-state index contributed by atoms with van der Waals surface area (Å²) in [6.45, 7) is 0.348. The lowest BCUT2D eigenvalue weighted by molar-refractivity contribution is -0.136. The minimum absolute atomic E-state index is 0.0602.